The molecule has 8 nitrogen and oxygen atoms in total. The number of anilines is 1. The molecule has 0 saturated carbocycles. The van der Waals surface area contributed by atoms with Gasteiger partial charge in [0.25, 0.3) is 0 Å². The number of nitrogens with zero attached hydrogens (tertiary/aromatic N) is 3. The predicted molar refractivity (Wildman–Crippen MR) is 99.5 cm³/mol. The molecule has 3 N–H and O–H groups in total. The van der Waals surface area contributed by atoms with Crippen molar-refractivity contribution in [3.8, 4) is 0 Å². The number of rotatable bonds is 3. The Balaban J connectivity index is 0.000000380. The number of carboxylic acid groups (broad SMARTS) is 2. The van der Waals surface area contributed by atoms with Crippen molar-refractivity contribution in [2.45, 2.75) is 12.6 Å². The lowest BCUT2D eigenvalue weighted by molar-refractivity contribution is -0.159. The van der Waals surface area contributed by atoms with Crippen LogP contribution in [0.1, 0.15) is 17.2 Å². The van der Waals surface area contributed by atoms with Crippen molar-refractivity contribution < 1.29 is 24.9 Å². The van der Waals surface area contributed by atoms with Crippen LogP contribution in [0.4, 0.5) is 5.82 Å². The number of aliphatic hydroxyl groups is 1. The van der Waals surface area contributed by atoms with Crippen LogP contribution in [0, 0.1) is 0 Å². The van der Waals surface area contributed by atoms with Gasteiger partial charge in [-0.2, -0.15) is 0 Å². The molecule has 1 atom stereocenters. The van der Waals surface area contributed by atoms with E-state index in [9.17, 15) is 5.11 Å². The number of carbonyl (C=O) groups is 2. The van der Waals surface area contributed by atoms with Crippen LogP contribution >= 0.6 is 0 Å². The highest BCUT2D eigenvalue weighted by Crippen LogP contribution is 2.31. The number of piperazine rings is 1. The fourth-order valence-electron chi connectivity index (χ4n) is 2.95. The van der Waals surface area contributed by atoms with Gasteiger partial charge in [0, 0.05) is 31.4 Å². The summed E-state index contributed by atoms with van der Waals surface area (Å²) in [6.45, 7) is 2.91. The molecule has 3 rings (SSSR count). The molecule has 2 aromatic rings. The van der Waals surface area contributed by atoms with Gasteiger partial charge >= 0.3 is 11.9 Å². The van der Waals surface area contributed by atoms with Crippen LogP contribution in [0.3, 0.4) is 0 Å². The van der Waals surface area contributed by atoms with E-state index in [1.165, 1.54) is 5.56 Å². The van der Waals surface area contributed by atoms with Crippen molar-refractivity contribution in [3.05, 3.63) is 59.8 Å². The molecule has 1 aromatic heterocycles. The molecule has 0 aliphatic carbocycles. The van der Waals surface area contributed by atoms with E-state index < -0.39 is 11.9 Å². The highest BCUT2D eigenvalue weighted by molar-refractivity contribution is 6.27. The molecule has 0 amide bonds. The summed E-state index contributed by atoms with van der Waals surface area (Å²) in [5.74, 6) is -2.74. The summed E-state index contributed by atoms with van der Waals surface area (Å²) >= 11 is 0. The molecule has 8 heteroatoms. The molecule has 1 aromatic carbocycles. The number of hydrogen-bond donors (Lipinski definition) is 3. The summed E-state index contributed by atoms with van der Waals surface area (Å²) in [5, 5.41) is 24.4. The third-order valence-electron chi connectivity index (χ3n) is 4.26. The van der Waals surface area contributed by atoms with E-state index in [2.05, 4.69) is 46.1 Å². The predicted octanol–water partition coefficient (Wildman–Crippen LogP) is 1.22. The van der Waals surface area contributed by atoms with Gasteiger partial charge in [0.2, 0.25) is 0 Å². The average molecular weight is 373 g/mol. The molecule has 144 valence electrons. The van der Waals surface area contributed by atoms with E-state index in [0.717, 1.165) is 31.0 Å². The van der Waals surface area contributed by atoms with Gasteiger partial charge < -0.3 is 25.1 Å². The fraction of sp³-hybridized carbons (Fsp3) is 0.316. The van der Waals surface area contributed by atoms with Gasteiger partial charge in [-0.3, -0.25) is 0 Å². The smallest absolute Gasteiger partial charge is 0.414 e. The molecule has 1 saturated heterocycles. The first-order valence-corrected chi connectivity index (χ1v) is 8.45. The molecule has 1 unspecified atom stereocenters. The maximum Gasteiger partial charge on any atom is 0.414 e. The van der Waals surface area contributed by atoms with Crippen LogP contribution < -0.4 is 4.90 Å². The first-order chi connectivity index (χ1) is 12.9. The summed E-state index contributed by atoms with van der Waals surface area (Å²) in [4.78, 5) is 27.4. The van der Waals surface area contributed by atoms with Gasteiger partial charge in [-0.1, -0.05) is 36.4 Å². The van der Waals surface area contributed by atoms with Gasteiger partial charge in [0.15, 0.2) is 0 Å². The normalized spacial score (nSPS) is 17.0. The quantitative estimate of drug-likeness (QED) is 0.688. The molecular weight excluding hydrogens is 350 g/mol. The highest BCUT2D eigenvalue weighted by Gasteiger charge is 2.28. The summed E-state index contributed by atoms with van der Waals surface area (Å²) in [7, 11) is 2.15. The third-order valence-corrected chi connectivity index (χ3v) is 4.26. The van der Waals surface area contributed by atoms with Crippen LogP contribution in [0.5, 0.6) is 0 Å². The van der Waals surface area contributed by atoms with Crippen molar-refractivity contribution in [3.63, 3.8) is 0 Å². The number of aliphatic carboxylic acids is 2. The molecule has 0 radical (unpaired) electrons. The Morgan fingerprint density at radius 3 is 2.33 bits per heavy atom. The number of pyridine rings is 1. The number of carboxylic acids is 2. The van der Waals surface area contributed by atoms with E-state index in [-0.39, 0.29) is 12.6 Å². The lowest BCUT2D eigenvalue weighted by Gasteiger charge is -2.41. The molecule has 1 aliphatic rings. The Hall–Kier alpha value is -2.97. The molecular formula is C19H23N3O5. The third kappa shape index (κ3) is 5.50. The zero-order valence-corrected chi connectivity index (χ0v) is 15.0. The number of likely N-dealkylation sites (N-methyl/N-ethyl adjacent to an activating group) is 1. The number of aliphatic hydroxyl groups excluding tert-OH is 1. The Morgan fingerprint density at radius 1 is 1.07 bits per heavy atom. The summed E-state index contributed by atoms with van der Waals surface area (Å²) in [5.41, 5.74) is 2.18. The van der Waals surface area contributed by atoms with E-state index in [1.807, 2.05) is 18.2 Å². The Morgan fingerprint density at radius 2 is 1.74 bits per heavy atom. The zero-order chi connectivity index (χ0) is 19.8. The number of aromatic nitrogens is 1. The van der Waals surface area contributed by atoms with Crippen molar-refractivity contribution in [2.24, 2.45) is 0 Å². The summed E-state index contributed by atoms with van der Waals surface area (Å²) in [6.07, 6.45) is 1.80. The molecule has 0 spiro atoms. The second kappa shape index (κ2) is 9.65. The number of hydrogen-bond acceptors (Lipinski definition) is 6. The minimum Gasteiger partial charge on any atom is -0.473 e. The van der Waals surface area contributed by atoms with Crippen molar-refractivity contribution in [1.29, 1.82) is 0 Å². The van der Waals surface area contributed by atoms with Crippen LogP contribution in [-0.4, -0.2) is 63.8 Å². The van der Waals surface area contributed by atoms with Crippen LogP contribution in [0.25, 0.3) is 0 Å². The van der Waals surface area contributed by atoms with E-state index in [0.29, 0.717) is 0 Å². The molecule has 27 heavy (non-hydrogen) atoms. The van der Waals surface area contributed by atoms with E-state index >= 15 is 0 Å². The standard InChI is InChI=1S/C17H21N3O.C2H2O4/c1-19-10-11-20(17-15(13-21)8-5-9-18-17)16(12-19)14-6-3-2-4-7-14;3-1(4)2(5)6/h2-9,16,21H,10-13H2,1H3;(H,3,4)(H,5,6). The topological polar surface area (TPSA) is 114 Å². The monoisotopic (exact) mass is 373 g/mol. The second-order valence-electron chi connectivity index (χ2n) is 6.14. The second-order valence-corrected chi connectivity index (χ2v) is 6.14. The molecule has 1 aliphatic heterocycles. The minimum atomic E-state index is -1.82. The molecule has 0 bridgehead atoms. The Kier molecular flexibility index (Phi) is 7.27. The van der Waals surface area contributed by atoms with Crippen molar-refractivity contribution in [2.75, 3.05) is 31.6 Å². The minimum absolute atomic E-state index is 0.0248. The molecule has 1 fully saturated rings. The summed E-state index contributed by atoms with van der Waals surface area (Å²) in [6, 6.07) is 14.6. The first-order valence-electron chi connectivity index (χ1n) is 8.45. The average Bonchev–Trinajstić information content (AvgIpc) is 2.69. The van der Waals surface area contributed by atoms with E-state index in [4.69, 9.17) is 19.8 Å². The maximum atomic E-state index is 9.58. The van der Waals surface area contributed by atoms with Gasteiger partial charge in [0.1, 0.15) is 5.82 Å². The van der Waals surface area contributed by atoms with Gasteiger partial charge in [-0.25, -0.2) is 14.6 Å². The van der Waals surface area contributed by atoms with Crippen LogP contribution in [0.2, 0.25) is 0 Å². The SMILES string of the molecule is CN1CCN(c2ncccc2CO)C(c2ccccc2)C1.O=C(O)C(=O)O. The van der Waals surface area contributed by atoms with Crippen molar-refractivity contribution >= 4 is 17.8 Å². The number of benzene rings is 1. The van der Waals surface area contributed by atoms with Crippen LogP contribution in [-0.2, 0) is 16.2 Å². The summed E-state index contributed by atoms with van der Waals surface area (Å²) < 4.78 is 0. The lowest BCUT2D eigenvalue weighted by atomic mass is 10.0. The Labute approximate surface area is 157 Å². The van der Waals surface area contributed by atoms with E-state index in [1.54, 1.807) is 6.20 Å². The van der Waals surface area contributed by atoms with Gasteiger partial charge in [-0.15, -0.1) is 0 Å². The van der Waals surface area contributed by atoms with Crippen molar-refractivity contribution in [1.82, 2.24) is 9.88 Å². The Bertz CT molecular complexity index is 757. The van der Waals surface area contributed by atoms with Gasteiger partial charge in [-0.05, 0) is 18.7 Å². The lowest BCUT2D eigenvalue weighted by Crippen LogP contribution is -2.47. The van der Waals surface area contributed by atoms with Gasteiger partial charge in [0.05, 0.1) is 12.6 Å². The van der Waals surface area contributed by atoms with Crippen LogP contribution in [0.15, 0.2) is 48.7 Å². The zero-order valence-electron chi connectivity index (χ0n) is 15.0. The first kappa shape index (κ1) is 20.3. The highest BCUT2D eigenvalue weighted by atomic mass is 16.4. The maximum absolute atomic E-state index is 9.58. The molecule has 2 heterocycles. The fourth-order valence-corrected chi connectivity index (χ4v) is 2.95. The largest absolute Gasteiger partial charge is 0.473 e.